The van der Waals surface area contributed by atoms with E-state index in [1.54, 1.807) is 19.1 Å². The first kappa shape index (κ1) is 29.4. The number of amides is 2. The van der Waals surface area contributed by atoms with E-state index in [1.165, 1.54) is 11.8 Å². The van der Waals surface area contributed by atoms with Gasteiger partial charge in [-0.25, -0.2) is 4.68 Å². The number of aryl methyl sites for hydroxylation is 2. The van der Waals surface area contributed by atoms with Crippen molar-refractivity contribution in [3.8, 4) is 22.7 Å². The van der Waals surface area contributed by atoms with E-state index < -0.39 is 0 Å². The van der Waals surface area contributed by atoms with Crippen LogP contribution in [0.15, 0.2) is 72.8 Å². The van der Waals surface area contributed by atoms with E-state index in [2.05, 4.69) is 11.4 Å². The Kier molecular flexibility index (Phi) is 9.29. The third-order valence-electron chi connectivity index (χ3n) is 7.29. The van der Waals surface area contributed by atoms with E-state index in [0.717, 1.165) is 44.9 Å². The van der Waals surface area contributed by atoms with Crippen molar-refractivity contribution in [1.29, 1.82) is 0 Å². The summed E-state index contributed by atoms with van der Waals surface area (Å²) in [5.41, 5.74) is 6.50. The van der Waals surface area contributed by atoms with Crippen LogP contribution in [0.5, 0.6) is 5.75 Å². The van der Waals surface area contributed by atoms with E-state index >= 15 is 0 Å². The standard InChI is InChI=1S/C33H36N4O4S/c1-22-15-16-26(23(2)19-22)37-33-30(31(35-37)24-11-6-5-7-12-24)32(25-13-8-9-14-27(25)41-4)42-21-29(39)36(33)20-28(38)34-17-10-18-40-3/h5-9,11-16,19,32H,10,17-18,20-21H2,1-4H3,(H,34,38). The lowest BCUT2D eigenvalue weighted by Crippen LogP contribution is -2.42. The highest BCUT2D eigenvalue weighted by Crippen LogP contribution is 2.50. The van der Waals surface area contributed by atoms with Crippen molar-refractivity contribution in [3.63, 3.8) is 0 Å². The number of anilines is 1. The van der Waals surface area contributed by atoms with Crippen LogP contribution in [-0.4, -0.2) is 61.3 Å². The van der Waals surface area contributed by atoms with Gasteiger partial charge in [0, 0.05) is 37.0 Å². The zero-order valence-electron chi connectivity index (χ0n) is 24.4. The molecular formula is C33H36N4O4S. The molecule has 0 spiro atoms. The largest absolute Gasteiger partial charge is 0.496 e. The van der Waals surface area contributed by atoms with Gasteiger partial charge in [0.2, 0.25) is 11.8 Å². The number of nitrogens with one attached hydrogen (secondary N) is 1. The Morgan fingerprint density at radius 2 is 1.81 bits per heavy atom. The van der Waals surface area contributed by atoms with Gasteiger partial charge in [0.15, 0.2) is 0 Å². The van der Waals surface area contributed by atoms with Gasteiger partial charge in [-0.05, 0) is 38.0 Å². The van der Waals surface area contributed by atoms with E-state index in [1.807, 2.05) is 85.3 Å². The summed E-state index contributed by atoms with van der Waals surface area (Å²) in [6, 6.07) is 24.0. The summed E-state index contributed by atoms with van der Waals surface area (Å²) in [4.78, 5) is 28.7. The fourth-order valence-corrected chi connectivity index (χ4v) is 6.53. The molecule has 9 heteroatoms. The van der Waals surface area contributed by atoms with Crippen LogP contribution in [0.3, 0.4) is 0 Å². The number of hydrogen-bond donors (Lipinski definition) is 1. The van der Waals surface area contributed by atoms with Crippen LogP contribution < -0.4 is 15.0 Å². The number of fused-ring (bicyclic) bond motifs is 1. The summed E-state index contributed by atoms with van der Waals surface area (Å²) >= 11 is 1.52. The summed E-state index contributed by atoms with van der Waals surface area (Å²) in [6.45, 7) is 4.98. The predicted octanol–water partition coefficient (Wildman–Crippen LogP) is 5.49. The molecule has 42 heavy (non-hydrogen) atoms. The first-order valence-electron chi connectivity index (χ1n) is 14.0. The molecule has 0 radical (unpaired) electrons. The zero-order valence-corrected chi connectivity index (χ0v) is 25.2. The van der Waals surface area contributed by atoms with Crippen LogP contribution in [0.1, 0.15) is 33.9 Å². The number of rotatable bonds is 10. The van der Waals surface area contributed by atoms with Crippen molar-refractivity contribution in [2.75, 3.05) is 44.6 Å². The van der Waals surface area contributed by atoms with Crippen molar-refractivity contribution >= 4 is 29.4 Å². The third kappa shape index (κ3) is 6.07. The normalized spacial score (nSPS) is 14.8. The highest BCUT2D eigenvalue weighted by Gasteiger charge is 2.38. The van der Waals surface area contributed by atoms with Crippen LogP contribution >= 0.6 is 11.8 Å². The summed E-state index contributed by atoms with van der Waals surface area (Å²) in [6.07, 6.45) is 0.686. The summed E-state index contributed by atoms with van der Waals surface area (Å²) in [5.74, 6) is 1.13. The maximum Gasteiger partial charge on any atom is 0.240 e. The number of carbonyl (C=O) groups excluding carboxylic acids is 2. The third-order valence-corrected chi connectivity index (χ3v) is 8.52. The molecule has 218 valence electrons. The monoisotopic (exact) mass is 584 g/mol. The molecule has 1 unspecified atom stereocenters. The molecule has 4 aromatic rings. The fraction of sp³-hybridized carbons (Fsp3) is 0.303. The number of thioether (sulfide) groups is 1. The summed E-state index contributed by atoms with van der Waals surface area (Å²) in [7, 11) is 3.29. The molecule has 8 nitrogen and oxygen atoms in total. The van der Waals surface area contributed by atoms with E-state index in [0.29, 0.717) is 25.4 Å². The van der Waals surface area contributed by atoms with E-state index in [9.17, 15) is 9.59 Å². The Labute approximate surface area is 251 Å². The Morgan fingerprint density at radius 3 is 2.55 bits per heavy atom. The van der Waals surface area contributed by atoms with Gasteiger partial charge in [-0.1, -0.05) is 66.2 Å². The number of methoxy groups -OCH3 is 2. The topological polar surface area (TPSA) is 85.7 Å². The predicted molar refractivity (Wildman–Crippen MR) is 168 cm³/mol. The lowest BCUT2D eigenvalue weighted by atomic mass is 9.99. The van der Waals surface area contributed by atoms with Crippen molar-refractivity contribution in [3.05, 3.63) is 95.1 Å². The van der Waals surface area contributed by atoms with Gasteiger partial charge >= 0.3 is 0 Å². The average Bonchev–Trinajstić information content (AvgIpc) is 3.32. The van der Waals surface area contributed by atoms with Crippen molar-refractivity contribution < 1.29 is 19.1 Å². The number of benzene rings is 3. The van der Waals surface area contributed by atoms with Crippen molar-refractivity contribution in [2.45, 2.75) is 25.5 Å². The fourth-order valence-electron chi connectivity index (χ4n) is 5.31. The number of para-hydroxylation sites is 1. The zero-order chi connectivity index (χ0) is 29.6. The lowest BCUT2D eigenvalue weighted by molar-refractivity contribution is -0.122. The maximum atomic E-state index is 13.9. The van der Waals surface area contributed by atoms with Gasteiger partial charge < -0.3 is 14.8 Å². The molecular weight excluding hydrogens is 548 g/mol. The second-order valence-electron chi connectivity index (χ2n) is 10.3. The van der Waals surface area contributed by atoms with Gasteiger partial charge in [0.1, 0.15) is 18.1 Å². The number of carbonyl (C=O) groups is 2. The van der Waals surface area contributed by atoms with Crippen LogP contribution in [0.2, 0.25) is 0 Å². The van der Waals surface area contributed by atoms with Gasteiger partial charge in [0.05, 0.1) is 29.5 Å². The summed E-state index contributed by atoms with van der Waals surface area (Å²) in [5, 5.41) is 7.87. The highest BCUT2D eigenvalue weighted by atomic mass is 32.2. The highest BCUT2D eigenvalue weighted by molar-refractivity contribution is 8.00. The molecule has 2 amide bonds. The minimum Gasteiger partial charge on any atom is -0.496 e. The smallest absolute Gasteiger partial charge is 0.240 e. The first-order chi connectivity index (χ1) is 20.4. The van der Waals surface area contributed by atoms with Gasteiger partial charge in [-0.3, -0.25) is 14.5 Å². The Bertz CT molecular complexity index is 1570. The van der Waals surface area contributed by atoms with Crippen LogP contribution in [-0.2, 0) is 14.3 Å². The van der Waals surface area contributed by atoms with Crippen molar-refractivity contribution in [1.82, 2.24) is 15.1 Å². The second-order valence-corrected chi connectivity index (χ2v) is 11.4. The van der Waals surface area contributed by atoms with Gasteiger partial charge in [-0.2, -0.15) is 5.10 Å². The molecule has 5 rings (SSSR count). The molecule has 0 fully saturated rings. The molecule has 1 atom stereocenters. The molecule has 2 heterocycles. The molecule has 0 aliphatic carbocycles. The van der Waals surface area contributed by atoms with Crippen LogP contribution in [0, 0.1) is 13.8 Å². The second kappa shape index (κ2) is 13.3. The minimum atomic E-state index is -0.274. The quantitative estimate of drug-likeness (QED) is 0.248. The number of ether oxygens (including phenoxy) is 2. The molecule has 3 aromatic carbocycles. The van der Waals surface area contributed by atoms with Gasteiger partial charge in [-0.15, -0.1) is 11.8 Å². The molecule has 0 saturated heterocycles. The molecule has 1 aliphatic rings. The molecule has 0 bridgehead atoms. The summed E-state index contributed by atoms with van der Waals surface area (Å²) < 4.78 is 12.8. The van der Waals surface area contributed by atoms with Crippen molar-refractivity contribution in [2.24, 2.45) is 0 Å². The van der Waals surface area contributed by atoms with Crippen LogP contribution in [0.4, 0.5) is 5.82 Å². The average molecular weight is 585 g/mol. The number of nitrogens with zero attached hydrogens (tertiary/aromatic N) is 3. The Morgan fingerprint density at radius 1 is 1.05 bits per heavy atom. The Hall–Kier alpha value is -4.08. The molecule has 0 saturated carbocycles. The SMILES string of the molecule is COCCCNC(=O)CN1C(=O)CSC(c2ccccc2OC)c2c(-c3ccccc3)nn(-c3ccc(C)cc3C)c21. The minimum absolute atomic E-state index is 0.122. The van der Waals surface area contributed by atoms with E-state index in [4.69, 9.17) is 14.6 Å². The number of hydrogen-bond acceptors (Lipinski definition) is 6. The van der Waals surface area contributed by atoms with Crippen LogP contribution in [0.25, 0.3) is 16.9 Å². The first-order valence-corrected chi connectivity index (χ1v) is 15.0. The van der Waals surface area contributed by atoms with Gasteiger partial charge in [0.25, 0.3) is 0 Å². The lowest BCUT2D eigenvalue weighted by Gasteiger charge is -2.24. The molecule has 1 N–H and O–H groups in total. The number of aromatic nitrogens is 2. The maximum absolute atomic E-state index is 13.9. The molecule has 1 aromatic heterocycles. The Balaban J connectivity index is 1.75. The molecule has 1 aliphatic heterocycles. The van der Waals surface area contributed by atoms with E-state index in [-0.39, 0.29) is 29.4 Å².